The Morgan fingerprint density at radius 3 is 2.63 bits per heavy atom. The second-order valence-electron chi connectivity index (χ2n) is 8.04. The molecule has 0 aliphatic heterocycles. The fraction of sp³-hybridized carbons (Fsp3) is 0.111. The number of ether oxygens (including phenoxy) is 1. The first kappa shape index (κ1) is 25.8. The number of hydrogen-bond acceptors (Lipinski definition) is 8. The van der Waals surface area contributed by atoms with Crippen molar-refractivity contribution >= 4 is 61.4 Å². The summed E-state index contributed by atoms with van der Waals surface area (Å²) in [5, 5.41) is 17.4. The maximum atomic E-state index is 13.4. The summed E-state index contributed by atoms with van der Waals surface area (Å²) in [6.45, 7) is 4.33. The van der Waals surface area contributed by atoms with E-state index in [0.29, 0.717) is 33.7 Å². The normalized spacial score (nSPS) is 11.0. The average molecular weight is 565 g/mol. The van der Waals surface area contributed by atoms with Crippen LogP contribution in [0.2, 0.25) is 0 Å². The van der Waals surface area contributed by atoms with E-state index in [9.17, 15) is 14.0 Å². The van der Waals surface area contributed by atoms with Gasteiger partial charge in [-0.25, -0.2) is 9.18 Å². The van der Waals surface area contributed by atoms with Crippen LogP contribution in [0.3, 0.4) is 0 Å². The Labute approximate surface area is 230 Å². The Hall–Kier alpha value is -3.80. The predicted molar refractivity (Wildman–Crippen MR) is 151 cm³/mol. The lowest BCUT2D eigenvalue weighted by atomic mass is 10.0. The number of halogens is 1. The van der Waals surface area contributed by atoms with Gasteiger partial charge in [0.1, 0.15) is 16.4 Å². The highest BCUT2D eigenvalue weighted by molar-refractivity contribution is 7.99. The van der Waals surface area contributed by atoms with Crippen molar-refractivity contribution in [3.63, 3.8) is 0 Å². The number of esters is 1. The van der Waals surface area contributed by atoms with Crippen molar-refractivity contribution in [3.8, 4) is 22.5 Å². The summed E-state index contributed by atoms with van der Waals surface area (Å²) in [4.78, 5) is 25.5. The molecule has 3 heterocycles. The van der Waals surface area contributed by atoms with Crippen LogP contribution in [-0.4, -0.2) is 39.5 Å². The number of hydrogen-bond donors (Lipinski definition) is 1. The summed E-state index contributed by atoms with van der Waals surface area (Å²) >= 11 is 4.08. The summed E-state index contributed by atoms with van der Waals surface area (Å²) < 4.78 is 21.4. The number of rotatable bonds is 9. The number of allylic oxidation sites excluding steroid dienone is 1. The maximum Gasteiger partial charge on any atom is 0.341 e. The van der Waals surface area contributed by atoms with Crippen LogP contribution < -0.4 is 5.32 Å². The number of thioether (sulfide) groups is 1. The monoisotopic (exact) mass is 564 g/mol. The Balaban J connectivity index is 1.35. The molecule has 5 aromatic rings. The molecule has 0 bridgehead atoms. The van der Waals surface area contributed by atoms with Crippen LogP contribution >= 0.6 is 34.4 Å². The number of aromatic nitrogens is 3. The van der Waals surface area contributed by atoms with Crippen molar-refractivity contribution in [2.24, 2.45) is 0 Å². The number of fused-ring (bicyclic) bond motifs is 1. The van der Waals surface area contributed by atoms with Gasteiger partial charge in [0, 0.05) is 38.5 Å². The molecular weight excluding hydrogens is 544 g/mol. The van der Waals surface area contributed by atoms with E-state index in [0.717, 1.165) is 15.6 Å². The molecule has 192 valence electrons. The van der Waals surface area contributed by atoms with Crippen LogP contribution in [0.15, 0.2) is 77.1 Å². The van der Waals surface area contributed by atoms with Gasteiger partial charge in [-0.15, -0.1) is 39.4 Å². The van der Waals surface area contributed by atoms with E-state index in [1.54, 1.807) is 34.9 Å². The molecule has 0 aliphatic rings. The predicted octanol–water partition coefficient (Wildman–Crippen LogP) is 6.73. The average Bonchev–Trinajstić information content (AvgIpc) is 3.65. The molecule has 2 aromatic carbocycles. The number of methoxy groups -OCH3 is 1. The van der Waals surface area contributed by atoms with Gasteiger partial charge in [0.05, 0.1) is 12.9 Å². The smallest absolute Gasteiger partial charge is 0.341 e. The molecule has 0 saturated heterocycles. The first-order valence-corrected chi connectivity index (χ1v) is 14.1. The summed E-state index contributed by atoms with van der Waals surface area (Å²) in [6.07, 6.45) is 1.76. The van der Waals surface area contributed by atoms with E-state index in [-0.39, 0.29) is 23.0 Å². The Kier molecular flexibility index (Phi) is 7.68. The van der Waals surface area contributed by atoms with Crippen LogP contribution in [0, 0.1) is 5.82 Å². The molecule has 7 nitrogen and oxygen atoms in total. The van der Waals surface area contributed by atoms with Gasteiger partial charge in [0.25, 0.3) is 0 Å². The lowest BCUT2D eigenvalue weighted by molar-refractivity contribution is -0.113. The van der Waals surface area contributed by atoms with Gasteiger partial charge in [-0.2, -0.15) is 0 Å². The first-order chi connectivity index (χ1) is 18.5. The van der Waals surface area contributed by atoms with Crippen molar-refractivity contribution < 1.29 is 18.7 Å². The van der Waals surface area contributed by atoms with Crippen molar-refractivity contribution in [2.45, 2.75) is 11.7 Å². The zero-order valence-electron chi connectivity index (χ0n) is 20.1. The van der Waals surface area contributed by atoms with Gasteiger partial charge < -0.3 is 10.1 Å². The molecular formula is C27H21FN4O3S3. The van der Waals surface area contributed by atoms with Crippen molar-refractivity contribution in [2.75, 3.05) is 18.2 Å². The third kappa shape index (κ3) is 5.13. The number of anilines is 1. The minimum Gasteiger partial charge on any atom is -0.465 e. The topological polar surface area (TPSA) is 86.1 Å². The summed E-state index contributed by atoms with van der Waals surface area (Å²) in [7, 11) is 1.27. The molecule has 38 heavy (non-hydrogen) atoms. The molecule has 0 atom stereocenters. The van der Waals surface area contributed by atoms with E-state index in [2.05, 4.69) is 39.6 Å². The zero-order chi connectivity index (χ0) is 26.6. The number of carbonyl (C=O) groups excluding carboxylic acids is 2. The largest absolute Gasteiger partial charge is 0.465 e. The molecule has 0 fully saturated rings. The van der Waals surface area contributed by atoms with E-state index in [4.69, 9.17) is 4.74 Å². The van der Waals surface area contributed by atoms with Gasteiger partial charge in [-0.3, -0.25) is 9.36 Å². The SMILES string of the molecule is C=CCn1c(SCC(=O)Nc2scc(-c3ccc(F)cc3)c2C(=O)OC)nnc1-c1csc2ccccc12. The Morgan fingerprint density at radius 2 is 1.87 bits per heavy atom. The van der Waals surface area contributed by atoms with Crippen LogP contribution in [-0.2, 0) is 16.1 Å². The lowest BCUT2D eigenvalue weighted by Crippen LogP contribution is -2.16. The van der Waals surface area contributed by atoms with E-state index >= 15 is 0 Å². The van der Waals surface area contributed by atoms with Crippen LogP contribution in [0.5, 0.6) is 0 Å². The fourth-order valence-electron chi connectivity index (χ4n) is 3.93. The summed E-state index contributed by atoms with van der Waals surface area (Å²) in [5.41, 5.74) is 2.40. The van der Waals surface area contributed by atoms with Crippen LogP contribution in [0.4, 0.5) is 9.39 Å². The molecule has 1 amide bonds. The number of nitrogens with one attached hydrogen (secondary N) is 1. The molecule has 0 unspecified atom stereocenters. The first-order valence-electron chi connectivity index (χ1n) is 11.4. The Bertz CT molecular complexity index is 1640. The highest BCUT2D eigenvalue weighted by Crippen LogP contribution is 2.37. The zero-order valence-corrected chi connectivity index (χ0v) is 22.6. The van der Waals surface area contributed by atoms with Gasteiger partial charge in [0.2, 0.25) is 5.91 Å². The van der Waals surface area contributed by atoms with Crippen molar-refractivity contribution in [1.29, 1.82) is 0 Å². The molecule has 0 spiro atoms. The molecule has 3 aromatic heterocycles. The van der Waals surface area contributed by atoms with Crippen molar-refractivity contribution in [1.82, 2.24) is 14.8 Å². The number of thiophene rings is 2. The number of benzene rings is 2. The minimum atomic E-state index is -0.591. The summed E-state index contributed by atoms with van der Waals surface area (Å²) in [6, 6.07) is 13.9. The number of nitrogens with zero attached hydrogens (tertiary/aromatic N) is 3. The third-order valence-electron chi connectivity index (χ3n) is 5.67. The summed E-state index contributed by atoms with van der Waals surface area (Å²) in [5.74, 6) is -0.534. The highest BCUT2D eigenvalue weighted by Gasteiger charge is 2.23. The van der Waals surface area contributed by atoms with Gasteiger partial charge in [0.15, 0.2) is 11.0 Å². The van der Waals surface area contributed by atoms with E-state index < -0.39 is 5.97 Å². The second-order valence-corrected chi connectivity index (χ2v) is 10.8. The van der Waals surface area contributed by atoms with Crippen LogP contribution in [0.1, 0.15) is 10.4 Å². The Morgan fingerprint density at radius 1 is 1.11 bits per heavy atom. The van der Waals surface area contributed by atoms with E-state index in [1.807, 2.05) is 16.7 Å². The molecule has 0 saturated carbocycles. The quantitative estimate of drug-likeness (QED) is 0.121. The molecule has 0 aliphatic carbocycles. The van der Waals surface area contributed by atoms with Gasteiger partial charge in [-0.05, 0) is 23.8 Å². The number of amides is 1. The molecule has 11 heteroatoms. The fourth-order valence-corrected chi connectivity index (χ4v) is 6.59. The third-order valence-corrected chi connectivity index (χ3v) is 8.50. The molecule has 5 rings (SSSR count). The van der Waals surface area contributed by atoms with Gasteiger partial charge >= 0.3 is 5.97 Å². The van der Waals surface area contributed by atoms with Crippen molar-refractivity contribution in [3.05, 3.63) is 83.3 Å². The lowest BCUT2D eigenvalue weighted by Gasteiger charge is -2.09. The van der Waals surface area contributed by atoms with E-state index in [1.165, 1.54) is 42.3 Å². The standard InChI is InChI=1S/C27H21FN4O3S3/c1-3-12-32-24(20-14-36-21-7-5-4-6-18(20)21)30-31-27(32)38-15-22(33)29-25-23(26(34)35-2)19(13-37-25)16-8-10-17(28)11-9-16/h3-11,13-14H,1,12,15H2,2H3,(H,29,33). The van der Waals surface area contributed by atoms with Crippen LogP contribution in [0.25, 0.3) is 32.6 Å². The minimum absolute atomic E-state index is 0.0457. The molecule has 0 radical (unpaired) electrons. The second kappa shape index (κ2) is 11.3. The maximum absolute atomic E-state index is 13.4. The molecule has 1 N–H and O–H groups in total. The van der Waals surface area contributed by atoms with Gasteiger partial charge in [-0.1, -0.05) is 48.2 Å². The number of carbonyl (C=O) groups is 2. The highest BCUT2D eigenvalue weighted by atomic mass is 32.2.